The van der Waals surface area contributed by atoms with E-state index in [0.29, 0.717) is 22.6 Å². The molecule has 0 radical (unpaired) electrons. The van der Waals surface area contributed by atoms with Crippen molar-refractivity contribution in [2.75, 3.05) is 12.0 Å². The van der Waals surface area contributed by atoms with Crippen LogP contribution in [0.15, 0.2) is 72.3 Å². The van der Waals surface area contributed by atoms with Gasteiger partial charge in [-0.1, -0.05) is 50.2 Å². The molecule has 3 aromatic carbocycles. The summed E-state index contributed by atoms with van der Waals surface area (Å²) in [5.74, 6) is -1.86. The van der Waals surface area contributed by atoms with Gasteiger partial charge in [0.1, 0.15) is 17.3 Å². The molecule has 1 saturated heterocycles. The largest absolute Gasteiger partial charge is 0.507 e. The fourth-order valence-corrected chi connectivity index (χ4v) is 4.40. The van der Waals surface area contributed by atoms with E-state index in [9.17, 15) is 14.7 Å². The molecule has 0 saturated carbocycles. The lowest BCUT2D eigenvalue weighted by Gasteiger charge is -2.26. The van der Waals surface area contributed by atoms with Gasteiger partial charge in [-0.05, 0) is 54.3 Å². The number of anilines is 1. The van der Waals surface area contributed by atoms with Gasteiger partial charge in [-0.15, -0.1) is 0 Å². The van der Waals surface area contributed by atoms with Gasteiger partial charge in [0.05, 0.1) is 18.7 Å². The summed E-state index contributed by atoms with van der Waals surface area (Å²) in [6.07, 6.45) is 0. The first-order valence-corrected chi connectivity index (χ1v) is 11.1. The fraction of sp³-hybridized carbons (Fsp3) is 0.214. The van der Waals surface area contributed by atoms with Crippen molar-refractivity contribution in [1.29, 1.82) is 0 Å². The number of aryl methyl sites for hydroxylation is 1. The number of ether oxygens (including phenoxy) is 1. The Morgan fingerprint density at radius 1 is 1.03 bits per heavy atom. The van der Waals surface area contributed by atoms with Crippen molar-refractivity contribution in [3.05, 3.63) is 100 Å². The molecule has 4 rings (SSSR count). The summed E-state index contributed by atoms with van der Waals surface area (Å²) in [5.41, 5.74) is 2.32. The van der Waals surface area contributed by atoms with E-state index in [1.54, 1.807) is 62.6 Å². The number of methoxy groups -OCH3 is 1. The second-order valence-electron chi connectivity index (χ2n) is 8.59. The molecule has 6 heteroatoms. The Morgan fingerprint density at radius 3 is 2.29 bits per heavy atom. The maximum absolute atomic E-state index is 15.0. The first-order chi connectivity index (χ1) is 16.3. The molecule has 1 aliphatic rings. The van der Waals surface area contributed by atoms with Crippen molar-refractivity contribution >= 4 is 23.1 Å². The molecule has 1 heterocycles. The van der Waals surface area contributed by atoms with Crippen LogP contribution < -0.4 is 9.64 Å². The molecule has 0 bridgehead atoms. The number of hydrogen-bond acceptors (Lipinski definition) is 4. The Labute approximate surface area is 198 Å². The lowest BCUT2D eigenvalue weighted by molar-refractivity contribution is -0.132. The number of carbonyl (C=O) groups excluding carboxylic acids is 2. The number of halogens is 1. The van der Waals surface area contributed by atoms with E-state index in [0.717, 1.165) is 5.56 Å². The standard InChI is InChI=1S/C28H26FNO4/c1-16(2)20-15-21(17(3)14-23(20)34-4)26(31)24-25(19-12-8-9-13-22(19)29)30(28(33)27(24)32)18-10-6-5-7-11-18/h5-16,25,31H,1-4H3/b26-24+. The van der Waals surface area contributed by atoms with Gasteiger partial charge < -0.3 is 9.84 Å². The van der Waals surface area contributed by atoms with Gasteiger partial charge in [-0.25, -0.2) is 4.39 Å². The number of aliphatic hydroxyl groups is 1. The van der Waals surface area contributed by atoms with Gasteiger partial charge in [0.2, 0.25) is 0 Å². The van der Waals surface area contributed by atoms with Crippen LogP contribution in [-0.4, -0.2) is 23.9 Å². The third kappa shape index (κ3) is 3.85. The van der Waals surface area contributed by atoms with Gasteiger partial charge in [-0.2, -0.15) is 0 Å². The summed E-state index contributed by atoms with van der Waals surface area (Å²) in [4.78, 5) is 27.7. The van der Waals surface area contributed by atoms with Crippen LogP contribution in [0.2, 0.25) is 0 Å². The fourth-order valence-electron chi connectivity index (χ4n) is 4.40. The zero-order valence-corrected chi connectivity index (χ0v) is 19.5. The van der Waals surface area contributed by atoms with Crippen molar-refractivity contribution in [1.82, 2.24) is 0 Å². The molecule has 0 aliphatic carbocycles. The van der Waals surface area contributed by atoms with Gasteiger partial charge in [0, 0.05) is 16.8 Å². The van der Waals surface area contributed by atoms with E-state index in [1.807, 2.05) is 13.8 Å². The number of ketones is 1. The highest BCUT2D eigenvalue weighted by molar-refractivity contribution is 6.51. The van der Waals surface area contributed by atoms with Crippen molar-refractivity contribution < 1.29 is 23.8 Å². The van der Waals surface area contributed by atoms with Crippen molar-refractivity contribution in [3.63, 3.8) is 0 Å². The zero-order chi connectivity index (χ0) is 24.6. The molecular weight excluding hydrogens is 433 g/mol. The summed E-state index contributed by atoms with van der Waals surface area (Å²) in [7, 11) is 1.57. The number of amides is 1. The molecule has 34 heavy (non-hydrogen) atoms. The molecule has 0 spiro atoms. The maximum Gasteiger partial charge on any atom is 0.300 e. The van der Waals surface area contributed by atoms with Crippen molar-refractivity contribution in [2.24, 2.45) is 0 Å². The van der Waals surface area contributed by atoms with Crippen LogP contribution in [0, 0.1) is 12.7 Å². The quantitative estimate of drug-likeness (QED) is 0.293. The molecule has 1 N–H and O–H groups in total. The second-order valence-corrected chi connectivity index (χ2v) is 8.59. The van der Waals surface area contributed by atoms with Crippen molar-refractivity contribution in [3.8, 4) is 5.75 Å². The predicted molar refractivity (Wildman–Crippen MR) is 129 cm³/mol. The number of Topliss-reactive ketones (excluding diaryl/α,β-unsaturated/α-hetero) is 1. The lowest BCUT2D eigenvalue weighted by Crippen LogP contribution is -2.29. The first kappa shape index (κ1) is 23.2. The molecule has 1 aliphatic heterocycles. The summed E-state index contributed by atoms with van der Waals surface area (Å²) in [6.45, 7) is 5.77. The molecule has 1 atom stereocenters. The number of carbonyl (C=O) groups is 2. The Morgan fingerprint density at radius 2 is 1.68 bits per heavy atom. The van der Waals surface area contributed by atoms with E-state index in [2.05, 4.69) is 0 Å². The number of aliphatic hydroxyl groups excluding tert-OH is 1. The molecule has 1 unspecified atom stereocenters. The Balaban J connectivity index is 2.01. The molecule has 174 valence electrons. The van der Waals surface area contributed by atoms with Crippen LogP contribution in [0.25, 0.3) is 5.76 Å². The van der Waals surface area contributed by atoms with E-state index < -0.39 is 23.5 Å². The predicted octanol–water partition coefficient (Wildman–Crippen LogP) is 5.89. The molecule has 0 aromatic heterocycles. The molecular formula is C28H26FNO4. The normalized spacial score (nSPS) is 17.5. The van der Waals surface area contributed by atoms with Crippen LogP contribution in [0.4, 0.5) is 10.1 Å². The van der Waals surface area contributed by atoms with Crippen LogP contribution in [-0.2, 0) is 9.59 Å². The third-order valence-corrected chi connectivity index (χ3v) is 6.13. The highest BCUT2D eigenvalue weighted by Crippen LogP contribution is 2.44. The minimum absolute atomic E-state index is 0.0798. The molecule has 1 amide bonds. The Kier molecular flexibility index (Phi) is 6.24. The number of benzene rings is 3. The van der Waals surface area contributed by atoms with E-state index in [-0.39, 0.29) is 22.8 Å². The third-order valence-electron chi connectivity index (χ3n) is 6.13. The second kappa shape index (κ2) is 9.14. The van der Waals surface area contributed by atoms with Crippen molar-refractivity contribution in [2.45, 2.75) is 32.7 Å². The average Bonchev–Trinajstić information content (AvgIpc) is 3.09. The first-order valence-electron chi connectivity index (χ1n) is 11.1. The van der Waals surface area contributed by atoms with Gasteiger partial charge in [-0.3, -0.25) is 14.5 Å². The lowest BCUT2D eigenvalue weighted by atomic mass is 9.91. The molecule has 5 nitrogen and oxygen atoms in total. The number of hydrogen-bond donors (Lipinski definition) is 1. The zero-order valence-electron chi connectivity index (χ0n) is 19.5. The minimum Gasteiger partial charge on any atom is -0.507 e. The SMILES string of the molecule is COc1cc(C)c(/C(O)=C2\C(=O)C(=O)N(c3ccccc3)C2c2ccccc2F)cc1C(C)C. The highest BCUT2D eigenvalue weighted by atomic mass is 19.1. The monoisotopic (exact) mass is 459 g/mol. The van der Waals surface area contributed by atoms with Gasteiger partial charge >= 0.3 is 0 Å². The smallest absolute Gasteiger partial charge is 0.300 e. The number of rotatable bonds is 5. The summed E-state index contributed by atoms with van der Waals surface area (Å²) in [5, 5.41) is 11.5. The maximum atomic E-state index is 15.0. The van der Waals surface area contributed by atoms with Crippen LogP contribution in [0.1, 0.15) is 48.1 Å². The highest BCUT2D eigenvalue weighted by Gasteiger charge is 2.48. The average molecular weight is 460 g/mol. The van der Waals surface area contributed by atoms with Gasteiger partial charge in [0.15, 0.2) is 0 Å². The summed E-state index contributed by atoms with van der Waals surface area (Å²) in [6, 6.07) is 17.0. The molecule has 3 aromatic rings. The number of para-hydroxylation sites is 1. The summed E-state index contributed by atoms with van der Waals surface area (Å²) >= 11 is 0. The van der Waals surface area contributed by atoms with Crippen LogP contribution >= 0.6 is 0 Å². The Hall–Kier alpha value is -3.93. The van der Waals surface area contributed by atoms with E-state index >= 15 is 4.39 Å². The Bertz CT molecular complexity index is 1300. The summed E-state index contributed by atoms with van der Waals surface area (Å²) < 4.78 is 20.5. The number of nitrogens with zero attached hydrogens (tertiary/aromatic N) is 1. The van der Waals surface area contributed by atoms with E-state index in [4.69, 9.17) is 4.74 Å². The topological polar surface area (TPSA) is 66.8 Å². The minimum atomic E-state index is -1.12. The van der Waals surface area contributed by atoms with Gasteiger partial charge in [0.25, 0.3) is 11.7 Å². The van der Waals surface area contributed by atoms with Crippen LogP contribution in [0.5, 0.6) is 5.75 Å². The van der Waals surface area contributed by atoms with Crippen LogP contribution in [0.3, 0.4) is 0 Å². The molecule has 1 fully saturated rings. The van der Waals surface area contributed by atoms with E-state index in [1.165, 1.54) is 23.1 Å².